The van der Waals surface area contributed by atoms with Crippen molar-refractivity contribution in [2.75, 3.05) is 31.2 Å². The topological polar surface area (TPSA) is 59.0 Å². The molecule has 1 aliphatic heterocycles. The molecular formula is C24H25NO4. The van der Waals surface area contributed by atoms with Crippen LogP contribution in [0.25, 0.3) is 10.8 Å². The molecule has 0 bridgehead atoms. The molecule has 3 aromatic carbocycles. The highest BCUT2D eigenvalue weighted by Crippen LogP contribution is 2.30. The third-order valence-electron chi connectivity index (χ3n) is 5.25. The lowest BCUT2D eigenvalue weighted by molar-refractivity contribution is -0.154. The van der Waals surface area contributed by atoms with Gasteiger partial charge in [0, 0.05) is 30.6 Å². The van der Waals surface area contributed by atoms with Gasteiger partial charge < -0.3 is 19.5 Å². The molecule has 0 spiro atoms. The largest absolute Gasteiger partial charge is 0.459 e. The number of nitrogens with zero attached hydrogens (tertiary/aromatic N) is 1. The molecule has 5 heteroatoms. The molecule has 3 aromatic rings. The van der Waals surface area contributed by atoms with E-state index in [1.807, 2.05) is 54.6 Å². The molecule has 4 rings (SSSR count). The van der Waals surface area contributed by atoms with Crippen LogP contribution in [0.4, 0.5) is 5.69 Å². The van der Waals surface area contributed by atoms with Gasteiger partial charge in [0.1, 0.15) is 6.61 Å². The van der Waals surface area contributed by atoms with Gasteiger partial charge in [-0.3, -0.25) is 0 Å². The molecule has 1 heterocycles. The number of carbonyl (C=O) groups excluding carboxylic acids is 1. The molecule has 150 valence electrons. The van der Waals surface area contributed by atoms with E-state index in [-0.39, 0.29) is 13.0 Å². The fourth-order valence-electron chi connectivity index (χ4n) is 3.72. The second-order valence-electron chi connectivity index (χ2n) is 7.20. The molecule has 0 radical (unpaired) electrons. The monoisotopic (exact) mass is 391 g/mol. The standard InChI is InChI=1S/C24H25NO4/c26-23(24(27)29-17-18-6-2-1-3-7-18)16-19-10-11-22(25-12-14-28-15-13-25)21-9-5-4-8-20(19)21/h1-11,23,26H,12-17H2/t23-/m1/s1. The fourth-order valence-corrected chi connectivity index (χ4v) is 3.72. The number of carbonyl (C=O) groups is 1. The van der Waals surface area contributed by atoms with Crippen molar-refractivity contribution in [3.05, 3.63) is 77.9 Å². The zero-order valence-corrected chi connectivity index (χ0v) is 16.3. The summed E-state index contributed by atoms with van der Waals surface area (Å²) in [5.41, 5.74) is 2.99. The number of esters is 1. The number of fused-ring (bicyclic) bond motifs is 1. The van der Waals surface area contributed by atoms with E-state index in [0.717, 1.165) is 53.9 Å². The minimum Gasteiger partial charge on any atom is -0.459 e. The Morgan fingerprint density at radius 1 is 0.966 bits per heavy atom. The molecular weight excluding hydrogens is 366 g/mol. The van der Waals surface area contributed by atoms with Gasteiger partial charge in [0.05, 0.1) is 13.2 Å². The normalized spacial score (nSPS) is 15.3. The van der Waals surface area contributed by atoms with Crippen LogP contribution in [-0.2, 0) is 27.3 Å². The van der Waals surface area contributed by atoms with Gasteiger partial charge in [-0.1, -0.05) is 60.7 Å². The molecule has 1 saturated heterocycles. The van der Waals surface area contributed by atoms with Crippen molar-refractivity contribution in [1.82, 2.24) is 0 Å². The molecule has 1 atom stereocenters. The van der Waals surface area contributed by atoms with Crippen molar-refractivity contribution in [3.63, 3.8) is 0 Å². The lowest BCUT2D eigenvalue weighted by Gasteiger charge is -2.30. The molecule has 0 aromatic heterocycles. The first-order valence-electron chi connectivity index (χ1n) is 9.94. The Hall–Kier alpha value is -2.89. The summed E-state index contributed by atoms with van der Waals surface area (Å²) in [5.74, 6) is -0.602. The maximum Gasteiger partial charge on any atom is 0.335 e. The Bertz CT molecular complexity index is 967. The average Bonchev–Trinajstić information content (AvgIpc) is 2.79. The summed E-state index contributed by atoms with van der Waals surface area (Å²) in [7, 11) is 0. The summed E-state index contributed by atoms with van der Waals surface area (Å²) in [6.45, 7) is 3.33. The molecule has 5 nitrogen and oxygen atoms in total. The van der Waals surface area contributed by atoms with Crippen molar-refractivity contribution >= 4 is 22.4 Å². The summed E-state index contributed by atoms with van der Waals surface area (Å²) in [6.07, 6.45) is -0.978. The van der Waals surface area contributed by atoms with Crippen LogP contribution in [0.3, 0.4) is 0 Å². The van der Waals surface area contributed by atoms with Crippen molar-refractivity contribution in [1.29, 1.82) is 0 Å². The van der Waals surface area contributed by atoms with E-state index in [1.54, 1.807) is 0 Å². The van der Waals surface area contributed by atoms with Crippen LogP contribution in [0.15, 0.2) is 66.7 Å². The van der Waals surface area contributed by atoms with Crippen LogP contribution in [0.1, 0.15) is 11.1 Å². The first-order chi connectivity index (χ1) is 14.2. The maximum absolute atomic E-state index is 12.3. The molecule has 0 saturated carbocycles. The Kier molecular flexibility index (Phi) is 6.08. The molecule has 0 amide bonds. The lowest BCUT2D eigenvalue weighted by Crippen LogP contribution is -2.36. The van der Waals surface area contributed by atoms with Crippen molar-refractivity contribution in [2.45, 2.75) is 19.1 Å². The zero-order valence-electron chi connectivity index (χ0n) is 16.3. The second kappa shape index (κ2) is 9.07. The number of aliphatic hydroxyl groups excluding tert-OH is 1. The predicted octanol–water partition coefficient (Wildman–Crippen LogP) is 3.32. The molecule has 0 unspecified atom stereocenters. The van der Waals surface area contributed by atoms with Gasteiger partial charge in [0.25, 0.3) is 0 Å². The highest BCUT2D eigenvalue weighted by atomic mass is 16.5. The Balaban J connectivity index is 1.49. The quantitative estimate of drug-likeness (QED) is 0.653. The Labute approximate surface area is 170 Å². The average molecular weight is 391 g/mol. The zero-order chi connectivity index (χ0) is 20.1. The van der Waals surface area contributed by atoms with E-state index < -0.39 is 12.1 Å². The summed E-state index contributed by atoms with van der Waals surface area (Å²) in [6, 6.07) is 21.7. The number of benzene rings is 3. The van der Waals surface area contributed by atoms with E-state index in [0.29, 0.717) is 0 Å². The van der Waals surface area contributed by atoms with Gasteiger partial charge in [-0.05, 0) is 22.6 Å². The smallest absolute Gasteiger partial charge is 0.335 e. The summed E-state index contributed by atoms with van der Waals surface area (Å²) in [5, 5.41) is 12.6. The summed E-state index contributed by atoms with van der Waals surface area (Å²) in [4.78, 5) is 14.6. The summed E-state index contributed by atoms with van der Waals surface area (Å²) < 4.78 is 10.7. The fraction of sp³-hybridized carbons (Fsp3) is 0.292. The molecule has 0 aliphatic carbocycles. The second-order valence-corrected chi connectivity index (χ2v) is 7.20. The first-order valence-corrected chi connectivity index (χ1v) is 9.94. The van der Waals surface area contributed by atoms with Crippen LogP contribution >= 0.6 is 0 Å². The van der Waals surface area contributed by atoms with E-state index in [2.05, 4.69) is 17.0 Å². The van der Waals surface area contributed by atoms with E-state index >= 15 is 0 Å². The Morgan fingerprint density at radius 3 is 2.41 bits per heavy atom. The minimum atomic E-state index is -1.20. The van der Waals surface area contributed by atoms with Crippen molar-refractivity contribution < 1.29 is 19.4 Å². The van der Waals surface area contributed by atoms with E-state index in [4.69, 9.17) is 9.47 Å². The summed E-state index contributed by atoms with van der Waals surface area (Å²) >= 11 is 0. The number of rotatable bonds is 6. The third kappa shape index (κ3) is 4.58. The molecule has 1 N–H and O–H groups in total. The van der Waals surface area contributed by atoms with Gasteiger partial charge in [0.15, 0.2) is 6.10 Å². The Morgan fingerprint density at radius 2 is 1.66 bits per heavy atom. The van der Waals surface area contributed by atoms with Gasteiger partial charge in [-0.2, -0.15) is 0 Å². The lowest BCUT2D eigenvalue weighted by atomic mass is 9.98. The van der Waals surface area contributed by atoms with Crippen molar-refractivity contribution in [2.24, 2.45) is 0 Å². The molecule has 1 fully saturated rings. The number of hydrogen-bond donors (Lipinski definition) is 1. The van der Waals surface area contributed by atoms with Gasteiger partial charge in [0.2, 0.25) is 0 Å². The number of anilines is 1. The van der Waals surface area contributed by atoms with Crippen LogP contribution < -0.4 is 4.90 Å². The van der Waals surface area contributed by atoms with Gasteiger partial charge >= 0.3 is 5.97 Å². The van der Waals surface area contributed by atoms with Gasteiger partial charge in [-0.25, -0.2) is 4.79 Å². The van der Waals surface area contributed by atoms with Crippen LogP contribution in [0, 0.1) is 0 Å². The number of aliphatic hydroxyl groups is 1. The van der Waals surface area contributed by atoms with Crippen LogP contribution in [-0.4, -0.2) is 43.5 Å². The molecule has 29 heavy (non-hydrogen) atoms. The van der Waals surface area contributed by atoms with Crippen LogP contribution in [0.5, 0.6) is 0 Å². The third-order valence-corrected chi connectivity index (χ3v) is 5.25. The highest BCUT2D eigenvalue weighted by molar-refractivity contribution is 5.97. The van der Waals surface area contributed by atoms with E-state index in [9.17, 15) is 9.90 Å². The number of ether oxygens (including phenoxy) is 2. The first kappa shape index (κ1) is 19.4. The minimum absolute atomic E-state index is 0.160. The van der Waals surface area contributed by atoms with Gasteiger partial charge in [-0.15, -0.1) is 0 Å². The van der Waals surface area contributed by atoms with Crippen LogP contribution in [0.2, 0.25) is 0 Å². The molecule has 1 aliphatic rings. The predicted molar refractivity (Wildman–Crippen MR) is 113 cm³/mol. The highest BCUT2D eigenvalue weighted by Gasteiger charge is 2.20. The number of morpholine rings is 1. The van der Waals surface area contributed by atoms with E-state index in [1.165, 1.54) is 0 Å². The number of hydrogen-bond acceptors (Lipinski definition) is 5. The SMILES string of the molecule is O=C(OCc1ccccc1)[C@H](O)Cc1ccc(N2CCOCC2)c2ccccc12. The maximum atomic E-state index is 12.3. The van der Waals surface area contributed by atoms with Crippen molar-refractivity contribution in [3.8, 4) is 0 Å².